The fourth-order valence-corrected chi connectivity index (χ4v) is 4.49. The van der Waals surface area contributed by atoms with Crippen molar-refractivity contribution in [2.45, 2.75) is 31.7 Å². The summed E-state index contributed by atoms with van der Waals surface area (Å²) in [5, 5.41) is 5.39. The third kappa shape index (κ3) is 4.22. The molecule has 0 unspecified atom stereocenters. The number of hydrogen-bond acceptors (Lipinski definition) is 3. The Morgan fingerprint density at radius 1 is 1.07 bits per heavy atom. The van der Waals surface area contributed by atoms with Gasteiger partial charge in [-0.25, -0.2) is 8.42 Å². The first kappa shape index (κ1) is 18.2. The van der Waals surface area contributed by atoms with Gasteiger partial charge in [-0.3, -0.25) is 4.72 Å². The summed E-state index contributed by atoms with van der Waals surface area (Å²) in [6.45, 7) is 0. The first-order chi connectivity index (χ1) is 12.9. The molecule has 7 heteroatoms. The SMILES string of the molecule is CS(=O)(=O)Nc1ccc(-c2cc3cc(Cl)cc(NC4CCCC4)c3[nH]2)cc1. The van der Waals surface area contributed by atoms with Gasteiger partial charge in [0.05, 0.1) is 17.5 Å². The summed E-state index contributed by atoms with van der Waals surface area (Å²) in [4.78, 5) is 3.49. The molecular weight excluding hydrogens is 382 g/mol. The number of hydrogen-bond donors (Lipinski definition) is 3. The minimum Gasteiger partial charge on any atom is -0.381 e. The third-order valence-electron chi connectivity index (χ3n) is 4.91. The zero-order valence-electron chi connectivity index (χ0n) is 15.0. The first-order valence-corrected chi connectivity index (χ1v) is 11.3. The molecular formula is C20H22ClN3O2S. The number of sulfonamides is 1. The Morgan fingerprint density at radius 2 is 1.78 bits per heavy atom. The van der Waals surface area contributed by atoms with Crippen LogP contribution in [0, 0.1) is 0 Å². The highest BCUT2D eigenvalue weighted by Gasteiger charge is 2.17. The van der Waals surface area contributed by atoms with Gasteiger partial charge in [0.1, 0.15) is 0 Å². The van der Waals surface area contributed by atoms with Gasteiger partial charge in [-0.05, 0) is 48.7 Å². The summed E-state index contributed by atoms with van der Waals surface area (Å²) in [7, 11) is -3.28. The topological polar surface area (TPSA) is 74.0 Å². The fourth-order valence-electron chi connectivity index (χ4n) is 3.70. The van der Waals surface area contributed by atoms with Crippen LogP contribution in [0.2, 0.25) is 5.02 Å². The quantitative estimate of drug-likeness (QED) is 0.547. The van der Waals surface area contributed by atoms with E-state index in [0.29, 0.717) is 16.8 Å². The third-order valence-corrected chi connectivity index (χ3v) is 5.73. The summed E-state index contributed by atoms with van der Waals surface area (Å²) in [5.74, 6) is 0. The highest BCUT2D eigenvalue weighted by Crippen LogP contribution is 2.34. The van der Waals surface area contributed by atoms with Crippen molar-refractivity contribution in [1.82, 2.24) is 4.98 Å². The van der Waals surface area contributed by atoms with Crippen molar-refractivity contribution < 1.29 is 8.42 Å². The van der Waals surface area contributed by atoms with E-state index < -0.39 is 10.0 Å². The van der Waals surface area contributed by atoms with Gasteiger partial charge in [-0.2, -0.15) is 0 Å². The van der Waals surface area contributed by atoms with Crippen LogP contribution in [0.25, 0.3) is 22.2 Å². The lowest BCUT2D eigenvalue weighted by molar-refractivity contribution is 0.607. The number of aromatic amines is 1. The second-order valence-corrected chi connectivity index (χ2v) is 9.36. The minimum absolute atomic E-state index is 0.500. The van der Waals surface area contributed by atoms with Gasteiger partial charge in [0.15, 0.2) is 0 Å². The maximum atomic E-state index is 11.3. The number of rotatable bonds is 5. The number of aromatic nitrogens is 1. The molecule has 2 aromatic carbocycles. The van der Waals surface area contributed by atoms with Crippen molar-refractivity contribution in [3.63, 3.8) is 0 Å². The Hall–Kier alpha value is -2.18. The van der Waals surface area contributed by atoms with E-state index in [9.17, 15) is 8.42 Å². The standard InChI is InChI=1S/C20H22ClN3O2S/c1-27(25,26)24-17-8-6-13(7-9-17)18-11-14-10-15(21)12-19(20(14)23-18)22-16-4-2-3-5-16/h6-12,16,22-24H,2-5H2,1H3. The molecule has 27 heavy (non-hydrogen) atoms. The molecule has 1 aliphatic carbocycles. The molecule has 1 saturated carbocycles. The zero-order chi connectivity index (χ0) is 19.0. The number of fused-ring (bicyclic) bond motifs is 1. The Morgan fingerprint density at radius 3 is 2.44 bits per heavy atom. The molecule has 142 valence electrons. The largest absolute Gasteiger partial charge is 0.381 e. The summed E-state index contributed by atoms with van der Waals surface area (Å²) in [5.41, 5.74) is 4.57. The van der Waals surface area contributed by atoms with Crippen LogP contribution >= 0.6 is 11.6 Å². The van der Waals surface area contributed by atoms with Crippen molar-refractivity contribution in [2.24, 2.45) is 0 Å². The van der Waals surface area contributed by atoms with Crippen molar-refractivity contribution in [3.05, 3.63) is 47.5 Å². The van der Waals surface area contributed by atoms with E-state index in [-0.39, 0.29) is 0 Å². The molecule has 0 aliphatic heterocycles. The van der Waals surface area contributed by atoms with E-state index in [2.05, 4.69) is 21.1 Å². The van der Waals surface area contributed by atoms with Gasteiger partial charge >= 0.3 is 0 Å². The summed E-state index contributed by atoms with van der Waals surface area (Å²) in [6, 6.07) is 13.8. The van der Waals surface area contributed by atoms with Gasteiger partial charge in [-0.15, -0.1) is 0 Å². The highest BCUT2D eigenvalue weighted by atomic mass is 35.5. The zero-order valence-corrected chi connectivity index (χ0v) is 16.6. The van der Waals surface area contributed by atoms with Crippen LogP contribution in [0.1, 0.15) is 25.7 Å². The molecule has 3 N–H and O–H groups in total. The number of anilines is 2. The van der Waals surface area contributed by atoms with Gasteiger partial charge in [0.2, 0.25) is 10.0 Å². The lowest BCUT2D eigenvalue weighted by Crippen LogP contribution is -2.14. The number of benzene rings is 2. The Bertz CT molecular complexity index is 1070. The fraction of sp³-hybridized carbons (Fsp3) is 0.300. The van der Waals surface area contributed by atoms with E-state index in [1.165, 1.54) is 25.7 Å². The molecule has 1 fully saturated rings. The first-order valence-electron chi connectivity index (χ1n) is 9.04. The molecule has 0 radical (unpaired) electrons. The smallest absolute Gasteiger partial charge is 0.229 e. The Labute approximate surface area is 164 Å². The van der Waals surface area contributed by atoms with Gasteiger partial charge in [0.25, 0.3) is 0 Å². The molecule has 1 aliphatic rings. The van der Waals surface area contributed by atoms with Crippen molar-refractivity contribution in [1.29, 1.82) is 0 Å². The maximum Gasteiger partial charge on any atom is 0.229 e. The van der Waals surface area contributed by atoms with E-state index >= 15 is 0 Å². The Kier molecular flexibility index (Phi) is 4.78. The molecule has 0 saturated heterocycles. The van der Waals surface area contributed by atoms with E-state index in [0.717, 1.165) is 34.1 Å². The molecule has 5 nitrogen and oxygen atoms in total. The second-order valence-electron chi connectivity index (χ2n) is 7.18. The molecule has 1 aromatic heterocycles. The molecule has 0 amide bonds. The van der Waals surface area contributed by atoms with Crippen molar-refractivity contribution in [2.75, 3.05) is 16.3 Å². The predicted octanol–water partition coefficient (Wildman–Crippen LogP) is 5.21. The van der Waals surface area contributed by atoms with Crippen LogP contribution in [0.5, 0.6) is 0 Å². The van der Waals surface area contributed by atoms with Crippen LogP contribution in [-0.4, -0.2) is 25.7 Å². The predicted molar refractivity (Wildman–Crippen MR) is 113 cm³/mol. The van der Waals surface area contributed by atoms with Gasteiger partial charge in [0, 0.05) is 27.8 Å². The molecule has 1 heterocycles. The summed E-state index contributed by atoms with van der Waals surface area (Å²) in [6.07, 6.45) is 6.06. The molecule has 0 atom stereocenters. The van der Waals surface area contributed by atoms with Crippen molar-refractivity contribution in [3.8, 4) is 11.3 Å². The molecule has 0 bridgehead atoms. The van der Waals surface area contributed by atoms with Crippen LogP contribution in [0.3, 0.4) is 0 Å². The van der Waals surface area contributed by atoms with E-state index in [1.807, 2.05) is 24.3 Å². The summed E-state index contributed by atoms with van der Waals surface area (Å²) < 4.78 is 25.2. The molecule has 3 aromatic rings. The van der Waals surface area contributed by atoms with Crippen LogP contribution < -0.4 is 10.0 Å². The molecule has 0 spiro atoms. The van der Waals surface area contributed by atoms with E-state index in [4.69, 9.17) is 11.6 Å². The minimum atomic E-state index is -3.28. The maximum absolute atomic E-state index is 11.3. The average molecular weight is 404 g/mol. The lowest BCUT2D eigenvalue weighted by atomic mass is 10.1. The number of H-pyrrole nitrogens is 1. The van der Waals surface area contributed by atoms with Crippen molar-refractivity contribution >= 4 is 43.9 Å². The average Bonchev–Trinajstić information content (AvgIpc) is 3.23. The number of nitrogens with one attached hydrogen (secondary N) is 3. The van der Waals surface area contributed by atoms with Gasteiger partial charge < -0.3 is 10.3 Å². The van der Waals surface area contributed by atoms with E-state index in [1.54, 1.807) is 12.1 Å². The normalized spacial score (nSPS) is 15.3. The second kappa shape index (κ2) is 7.09. The Balaban J connectivity index is 1.66. The summed E-state index contributed by atoms with van der Waals surface area (Å²) >= 11 is 6.33. The van der Waals surface area contributed by atoms with Crippen LogP contribution in [0.4, 0.5) is 11.4 Å². The monoisotopic (exact) mass is 403 g/mol. The lowest BCUT2D eigenvalue weighted by Gasteiger charge is -2.14. The molecule has 4 rings (SSSR count). The van der Waals surface area contributed by atoms with Gasteiger partial charge in [-0.1, -0.05) is 36.6 Å². The van der Waals surface area contributed by atoms with Crippen LogP contribution in [0.15, 0.2) is 42.5 Å². The van der Waals surface area contributed by atoms with Crippen LogP contribution in [-0.2, 0) is 10.0 Å². The highest BCUT2D eigenvalue weighted by molar-refractivity contribution is 7.92. The number of halogens is 1.